The number of aromatic nitrogens is 3. The van der Waals surface area contributed by atoms with Gasteiger partial charge < -0.3 is 14.6 Å². The quantitative estimate of drug-likeness (QED) is 0.409. The lowest BCUT2D eigenvalue weighted by molar-refractivity contribution is -0.124. The number of methoxy groups -OCH3 is 1. The Kier molecular flexibility index (Phi) is 5.02. The molecule has 0 aliphatic carbocycles. The van der Waals surface area contributed by atoms with Gasteiger partial charge in [-0.25, -0.2) is 4.98 Å². The van der Waals surface area contributed by atoms with Crippen LogP contribution in [0, 0.1) is 0 Å². The number of H-pyrrole nitrogens is 1. The van der Waals surface area contributed by atoms with E-state index in [2.05, 4.69) is 15.0 Å². The van der Waals surface area contributed by atoms with Gasteiger partial charge in [0.1, 0.15) is 17.1 Å². The lowest BCUT2D eigenvalue weighted by atomic mass is 10.0. The van der Waals surface area contributed by atoms with Crippen molar-refractivity contribution in [1.29, 1.82) is 0 Å². The zero-order chi connectivity index (χ0) is 21.3. The van der Waals surface area contributed by atoms with Crippen molar-refractivity contribution in [2.75, 3.05) is 21.2 Å². The molecular weight excluding hydrogens is 380 g/mol. The molecule has 0 aliphatic heterocycles. The maximum atomic E-state index is 12.4. The van der Waals surface area contributed by atoms with Crippen LogP contribution in [0.25, 0.3) is 33.3 Å². The van der Waals surface area contributed by atoms with E-state index in [-0.39, 0.29) is 5.69 Å². The Morgan fingerprint density at radius 2 is 1.80 bits per heavy atom. The van der Waals surface area contributed by atoms with Gasteiger partial charge in [-0.15, -0.1) is 0 Å². The van der Waals surface area contributed by atoms with E-state index in [0.29, 0.717) is 0 Å². The Balaban J connectivity index is 1.79. The summed E-state index contributed by atoms with van der Waals surface area (Å²) in [6.07, 6.45) is 5.15. The van der Waals surface area contributed by atoms with E-state index in [1.54, 1.807) is 25.4 Å². The highest BCUT2D eigenvalue weighted by Crippen LogP contribution is 2.35. The molecule has 0 saturated heterocycles. The van der Waals surface area contributed by atoms with Gasteiger partial charge in [0.25, 0.3) is 11.7 Å². The minimum atomic E-state index is -0.646. The number of ether oxygens (including phenoxy) is 1. The lowest BCUT2D eigenvalue weighted by Crippen LogP contribution is -2.30. The van der Waals surface area contributed by atoms with Crippen molar-refractivity contribution in [3.05, 3.63) is 66.7 Å². The Bertz CT molecular complexity index is 1260. The van der Waals surface area contributed by atoms with Gasteiger partial charge in [-0.1, -0.05) is 18.2 Å². The fraction of sp³-hybridized carbons (Fsp3) is 0.130. The first-order valence-electron chi connectivity index (χ1n) is 9.32. The maximum absolute atomic E-state index is 12.4. The number of nitrogens with zero attached hydrogens (tertiary/aromatic N) is 3. The highest BCUT2D eigenvalue weighted by molar-refractivity contribution is 6.42. The smallest absolute Gasteiger partial charge is 0.296 e. The standard InChI is InChI=1S/C23H20N4O3/c1-27(2)23(29)21(28)19-11-14(8-9-24-19)15-10-17-18(13-26-22(17)25-12-15)16-6-4-5-7-20(16)30-3/h4-13H,1-3H3,(H,25,26). The number of carbonyl (C=O) groups excluding carboxylic acids is 2. The maximum Gasteiger partial charge on any atom is 0.296 e. The first-order chi connectivity index (χ1) is 14.5. The van der Waals surface area contributed by atoms with Gasteiger partial charge in [0, 0.05) is 54.8 Å². The summed E-state index contributed by atoms with van der Waals surface area (Å²) in [6, 6.07) is 13.2. The number of para-hydroxylation sites is 1. The van der Waals surface area contributed by atoms with Crippen LogP contribution < -0.4 is 4.74 Å². The number of likely N-dealkylation sites (N-methyl/N-ethyl adjacent to an activating group) is 1. The van der Waals surface area contributed by atoms with Gasteiger partial charge in [-0.3, -0.25) is 14.6 Å². The molecular formula is C23H20N4O3. The Labute approximate surface area is 173 Å². The van der Waals surface area contributed by atoms with Crippen LogP contribution in [0.1, 0.15) is 10.5 Å². The van der Waals surface area contributed by atoms with E-state index >= 15 is 0 Å². The van der Waals surface area contributed by atoms with E-state index in [4.69, 9.17) is 4.74 Å². The van der Waals surface area contributed by atoms with Gasteiger partial charge >= 0.3 is 0 Å². The SMILES string of the molecule is COc1ccccc1-c1c[nH]c2ncc(-c3ccnc(C(=O)C(=O)N(C)C)c3)cc12. The van der Waals surface area contributed by atoms with Crippen molar-refractivity contribution in [1.82, 2.24) is 19.9 Å². The molecule has 3 aromatic heterocycles. The second-order valence-electron chi connectivity index (χ2n) is 6.98. The summed E-state index contributed by atoms with van der Waals surface area (Å²) in [4.78, 5) is 37.4. The molecule has 7 heteroatoms. The molecule has 0 fully saturated rings. The van der Waals surface area contributed by atoms with Crippen LogP contribution in [0.4, 0.5) is 0 Å². The molecule has 30 heavy (non-hydrogen) atoms. The first kappa shape index (κ1) is 19.3. The topological polar surface area (TPSA) is 88.2 Å². The molecule has 150 valence electrons. The fourth-order valence-electron chi connectivity index (χ4n) is 3.30. The number of amides is 1. The van der Waals surface area contributed by atoms with E-state index in [1.165, 1.54) is 25.2 Å². The van der Waals surface area contributed by atoms with Gasteiger partial charge in [0.05, 0.1) is 7.11 Å². The molecule has 0 radical (unpaired) electrons. The molecule has 0 spiro atoms. The minimum absolute atomic E-state index is 0.102. The second-order valence-corrected chi connectivity index (χ2v) is 6.98. The van der Waals surface area contributed by atoms with E-state index in [9.17, 15) is 9.59 Å². The predicted octanol–water partition coefficient (Wildman–Crippen LogP) is 3.57. The molecule has 0 saturated carbocycles. The van der Waals surface area contributed by atoms with Crippen molar-refractivity contribution in [2.24, 2.45) is 0 Å². The van der Waals surface area contributed by atoms with E-state index in [1.807, 2.05) is 36.5 Å². The normalized spacial score (nSPS) is 10.8. The zero-order valence-corrected chi connectivity index (χ0v) is 16.8. The lowest BCUT2D eigenvalue weighted by Gasteiger charge is -2.09. The van der Waals surface area contributed by atoms with Crippen molar-refractivity contribution >= 4 is 22.7 Å². The van der Waals surface area contributed by atoms with E-state index in [0.717, 1.165) is 39.0 Å². The number of pyridine rings is 2. The summed E-state index contributed by atoms with van der Waals surface area (Å²) >= 11 is 0. The number of Topliss-reactive ketones (excluding diaryl/α,β-unsaturated/α-hetero) is 1. The van der Waals surface area contributed by atoms with Crippen LogP contribution in [-0.4, -0.2) is 52.7 Å². The third kappa shape index (κ3) is 3.41. The van der Waals surface area contributed by atoms with Crippen molar-refractivity contribution in [3.63, 3.8) is 0 Å². The number of hydrogen-bond donors (Lipinski definition) is 1. The Morgan fingerprint density at radius 3 is 2.57 bits per heavy atom. The van der Waals surface area contributed by atoms with Crippen LogP contribution >= 0.6 is 0 Å². The highest BCUT2D eigenvalue weighted by Gasteiger charge is 2.20. The monoisotopic (exact) mass is 400 g/mol. The zero-order valence-electron chi connectivity index (χ0n) is 16.8. The number of benzene rings is 1. The van der Waals surface area contributed by atoms with Gasteiger partial charge in [-0.2, -0.15) is 0 Å². The third-order valence-electron chi connectivity index (χ3n) is 4.85. The molecule has 1 aromatic carbocycles. The average Bonchev–Trinajstić information content (AvgIpc) is 3.21. The molecule has 3 heterocycles. The number of ketones is 1. The number of rotatable bonds is 5. The van der Waals surface area contributed by atoms with Crippen LogP contribution in [0.5, 0.6) is 5.75 Å². The summed E-state index contributed by atoms with van der Waals surface area (Å²) in [6.45, 7) is 0. The summed E-state index contributed by atoms with van der Waals surface area (Å²) < 4.78 is 5.50. The predicted molar refractivity (Wildman–Crippen MR) is 114 cm³/mol. The number of fused-ring (bicyclic) bond motifs is 1. The number of nitrogens with one attached hydrogen (secondary N) is 1. The largest absolute Gasteiger partial charge is 0.496 e. The fourth-order valence-corrected chi connectivity index (χ4v) is 3.30. The first-order valence-corrected chi connectivity index (χ1v) is 9.32. The molecule has 7 nitrogen and oxygen atoms in total. The van der Waals surface area contributed by atoms with Crippen LogP contribution in [-0.2, 0) is 4.79 Å². The summed E-state index contributed by atoms with van der Waals surface area (Å²) in [7, 11) is 4.71. The average molecular weight is 400 g/mol. The molecule has 1 N–H and O–H groups in total. The van der Waals surface area contributed by atoms with E-state index < -0.39 is 11.7 Å². The second kappa shape index (κ2) is 7.79. The summed E-state index contributed by atoms with van der Waals surface area (Å²) in [5.74, 6) is -0.493. The van der Waals surface area contributed by atoms with Crippen molar-refractivity contribution < 1.29 is 14.3 Å². The van der Waals surface area contributed by atoms with Crippen LogP contribution in [0.15, 0.2) is 61.1 Å². The molecule has 0 atom stereocenters. The molecule has 4 aromatic rings. The summed E-state index contributed by atoms with van der Waals surface area (Å²) in [5, 5.41) is 0.922. The van der Waals surface area contributed by atoms with Crippen molar-refractivity contribution in [3.8, 4) is 28.0 Å². The van der Waals surface area contributed by atoms with Crippen LogP contribution in [0.3, 0.4) is 0 Å². The minimum Gasteiger partial charge on any atom is -0.496 e. The highest BCUT2D eigenvalue weighted by atomic mass is 16.5. The third-order valence-corrected chi connectivity index (χ3v) is 4.85. The Hall–Kier alpha value is -4.00. The van der Waals surface area contributed by atoms with Gasteiger partial charge in [-0.05, 0) is 29.8 Å². The molecule has 0 bridgehead atoms. The summed E-state index contributed by atoms with van der Waals surface area (Å²) in [5.41, 5.74) is 4.32. The Morgan fingerprint density at radius 1 is 1.00 bits per heavy atom. The number of carbonyl (C=O) groups is 2. The molecule has 1 amide bonds. The van der Waals surface area contributed by atoms with Crippen molar-refractivity contribution in [2.45, 2.75) is 0 Å². The number of hydrogen-bond acceptors (Lipinski definition) is 5. The molecule has 0 aliphatic rings. The molecule has 0 unspecified atom stereocenters. The molecule has 4 rings (SSSR count). The van der Waals surface area contributed by atoms with Crippen LogP contribution in [0.2, 0.25) is 0 Å². The van der Waals surface area contributed by atoms with Gasteiger partial charge in [0.2, 0.25) is 0 Å². The number of aromatic amines is 1. The van der Waals surface area contributed by atoms with Gasteiger partial charge in [0.15, 0.2) is 0 Å².